The number of hydrogen-bond donors (Lipinski definition) is 0. The summed E-state index contributed by atoms with van der Waals surface area (Å²) in [4.78, 5) is 14.1. The second-order valence-corrected chi connectivity index (χ2v) is 7.88. The number of nitrogens with zero attached hydrogens (tertiary/aromatic N) is 2. The minimum atomic E-state index is -3.66. The summed E-state index contributed by atoms with van der Waals surface area (Å²) in [7, 11) is -0.389. The van der Waals surface area contributed by atoms with Crippen molar-refractivity contribution in [1.82, 2.24) is 4.90 Å². The highest BCUT2D eigenvalue weighted by atomic mass is 32.2. The van der Waals surface area contributed by atoms with Crippen molar-refractivity contribution in [2.45, 2.75) is 24.7 Å². The molecule has 1 amide bonds. The normalized spacial score (nSPS) is 11.2. The van der Waals surface area contributed by atoms with Crippen molar-refractivity contribution in [3.8, 4) is 0 Å². The lowest BCUT2D eigenvalue weighted by Crippen LogP contribution is -2.28. The summed E-state index contributed by atoms with van der Waals surface area (Å²) in [5.74, 6) is -0.103. The lowest BCUT2D eigenvalue weighted by molar-refractivity contribution is 0.0793. The molecule has 0 bridgehead atoms. The van der Waals surface area contributed by atoms with Gasteiger partial charge in [0.15, 0.2) is 0 Å². The van der Waals surface area contributed by atoms with E-state index in [0.29, 0.717) is 17.8 Å². The van der Waals surface area contributed by atoms with Crippen molar-refractivity contribution in [1.29, 1.82) is 0 Å². The van der Waals surface area contributed by atoms with Gasteiger partial charge in [0.25, 0.3) is 15.9 Å². The van der Waals surface area contributed by atoms with Crippen molar-refractivity contribution in [2.24, 2.45) is 0 Å². The molecule has 2 aromatic carbocycles. The molecule has 0 aliphatic carbocycles. The summed E-state index contributed by atoms with van der Waals surface area (Å²) in [6.45, 7) is 2.76. The van der Waals surface area contributed by atoms with Crippen LogP contribution in [0.3, 0.4) is 0 Å². The van der Waals surface area contributed by atoms with Crippen LogP contribution in [0.25, 0.3) is 0 Å². The maximum absolute atomic E-state index is 12.7. The van der Waals surface area contributed by atoms with Crippen molar-refractivity contribution < 1.29 is 13.2 Å². The van der Waals surface area contributed by atoms with Gasteiger partial charge in [-0.3, -0.25) is 9.10 Å². The fourth-order valence-electron chi connectivity index (χ4n) is 2.42. The van der Waals surface area contributed by atoms with Gasteiger partial charge < -0.3 is 4.90 Å². The van der Waals surface area contributed by atoms with Crippen LogP contribution >= 0.6 is 0 Å². The van der Waals surface area contributed by atoms with Gasteiger partial charge in [-0.2, -0.15) is 0 Å². The number of unbranched alkanes of at least 4 members (excludes halogenated alkanes) is 1. The number of carbonyl (C=O) groups is 1. The molecular weight excluding hydrogens is 336 g/mol. The highest BCUT2D eigenvalue weighted by molar-refractivity contribution is 7.92. The van der Waals surface area contributed by atoms with Gasteiger partial charge in [-0.15, -0.1) is 0 Å². The van der Waals surface area contributed by atoms with E-state index >= 15 is 0 Å². The monoisotopic (exact) mass is 360 g/mol. The Labute approximate surface area is 149 Å². The zero-order chi connectivity index (χ0) is 18.4. The first-order chi connectivity index (χ1) is 11.9. The molecule has 0 saturated heterocycles. The third-order valence-corrected chi connectivity index (χ3v) is 5.87. The number of para-hydroxylation sites is 1. The number of anilines is 1. The van der Waals surface area contributed by atoms with Gasteiger partial charge in [-0.1, -0.05) is 31.5 Å². The fraction of sp³-hybridized carbons (Fsp3) is 0.316. The molecule has 6 heteroatoms. The van der Waals surface area contributed by atoms with Crippen molar-refractivity contribution in [3.63, 3.8) is 0 Å². The number of carbonyl (C=O) groups excluding carboxylic acids is 1. The van der Waals surface area contributed by atoms with Crippen LogP contribution < -0.4 is 4.31 Å². The van der Waals surface area contributed by atoms with Gasteiger partial charge in [0, 0.05) is 26.2 Å². The number of hydrogen-bond acceptors (Lipinski definition) is 3. The molecule has 2 aromatic rings. The minimum Gasteiger partial charge on any atom is -0.342 e. The molecule has 0 heterocycles. The van der Waals surface area contributed by atoms with E-state index in [1.54, 1.807) is 48.3 Å². The fourth-order valence-corrected chi connectivity index (χ4v) is 3.62. The molecule has 0 N–H and O–H groups in total. The summed E-state index contributed by atoms with van der Waals surface area (Å²) in [6, 6.07) is 15.0. The smallest absolute Gasteiger partial charge is 0.264 e. The van der Waals surface area contributed by atoms with E-state index in [1.165, 1.54) is 23.5 Å². The Morgan fingerprint density at radius 1 is 0.960 bits per heavy atom. The Kier molecular flexibility index (Phi) is 6.20. The van der Waals surface area contributed by atoms with Gasteiger partial charge >= 0.3 is 0 Å². The Balaban J connectivity index is 2.20. The predicted molar refractivity (Wildman–Crippen MR) is 100 cm³/mol. The number of benzene rings is 2. The average molecular weight is 360 g/mol. The first-order valence-corrected chi connectivity index (χ1v) is 9.71. The third-order valence-electron chi connectivity index (χ3n) is 4.07. The van der Waals surface area contributed by atoms with Crippen LogP contribution in [0.15, 0.2) is 59.5 Å². The first-order valence-electron chi connectivity index (χ1n) is 8.27. The molecule has 5 nitrogen and oxygen atoms in total. The van der Waals surface area contributed by atoms with E-state index in [9.17, 15) is 13.2 Å². The summed E-state index contributed by atoms with van der Waals surface area (Å²) < 4.78 is 26.7. The Hall–Kier alpha value is -2.34. The molecule has 134 valence electrons. The van der Waals surface area contributed by atoms with Gasteiger partial charge in [-0.05, 0) is 42.8 Å². The standard InChI is InChI=1S/C19H24N2O3S/c1-4-5-15-20(2)19(22)16-11-13-18(14-12-16)25(23,24)21(3)17-9-7-6-8-10-17/h6-14H,4-5,15H2,1-3H3. The van der Waals surface area contributed by atoms with Gasteiger partial charge in [0.1, 0.15) is 0 Å². The van der Waals surface area contributed by atoms with E-state index in [4.69, 9.17) is 0 Å². The molecule has 0 unspecified atom stereocenters. The lowest BCUT2D eigenvalue weighted by Gasteiger charge is -2.20. The number of amides is 1. The SMILES string of the molecule is CCCCN(C)C(=O)c1ccc(S(=O)(=O)N(C)c2ccccc2)cc1. The van der Waals surface area contributed by atoms with E-state index in [0.717, 1.165) is 12.8 Å². The minimum absolute atomic E-state index is 0.103. The Morgan fingerprint density at radius 2 is 1.56 bits per heavy atom. The van der Waals surface area contributed by atoms with Crippen LogP contribution in [0.2, 0.25) is 0 Å². The van der Waals surface area contributed by atoms with Crippen molar-refractivity contribution in [2.75, 3.05) is 24.9 Å². The Bertz CT molecular complexity index is 802. The van der Waals surface area contributed by atoms with Gasteiger partial charge in [0.2, 0.25) is 0 Å². The topological polar surface area (TPSA) is 57.7 Å². The van der Waals surface area contributed by atoms with E-state index in [1.807, 2.05) is 6.07 Å². The third kappa shape index (κ3) is 4.39. The van der Waals surface area contributed by atoms with Crippen LogP contribution in [0, 0.1) is 0 Å². The lowest BCUT2D eigenvalue weighted by atomic mass is 10.2. The molecule has 0 radical (unpaired) electrons. The van der Waals surface area contributed by atoms with Crippen LogP contribution in [0.5, 0.6) is 0 Å². The molecule has 25 heavy (non-hydrogen) atoms. The van der Waals surface area contributed by atoms with Gasteiger partial charge in [-0.25, -0.2) is 8.42 Å². The second-order valence-electron chi connectivity index (χ2n) is 5.91. The summed E-state index contributed by atoms with van der Waals surface area (Å²) in [5.41, 5.74) is 1.07. The molecule has 0 aromatic heterocycles. The van der Waals surface area contributed by atoms with Crippen LogP contribution in [0.1, 0.15) is 30.1 Å². The zero-order valence-corrected chi connectivity index (χ0v) is 15.7. The maximum Gasteiger partial charge on any atom is 0.264 e. The summed E-state index contributed by atoms with van der Waals surface area (Å²) in [5, 5.41) is 0. The van der Waals surface area contributed by atoms with Crippen LogP contribution in [-0.2, 0) is 10.0 Å². The molecule has 2 rings (SSSR count). The number of rotatable bonds is 7. The van der Waals surface area contributed by atoms with Crippen molar-refractivity contribution in [3.05, 3.63) is 60.2 Å². The maximum atomic E-state index is 12.7. The molecule has 0 spiro atoms. The second kappa shape index (κ2) is 8.16. The van der Waals surface area contributed by atoms with Gasteiger partial charge in [0.05, 0.1) is 10.6 Å². The largest absolute Gasteiger partial charge is 0.342 e. The molecule has 0 atom stereocenters. The summed E-state index contributed by atoms with van der Waals surface area (Å²) >= 11 is 0. The van der Waals surface area contributed by atoms with E-state index < -0.39 is 10.0 Å². The molecule has 0 fully saturated rings. The van der Waals surface area contributed by atoms with Crippen molar-refractivity contribution >= 4 is 21.6 Å². The highest BCUT2D eigenvalue weighted by Gasteiger charge is 2.21. The number of sulfonamides is 1. The molecular formula is C19H24N2O3S. The Morgan fingerprint density at radius 3 is 2.12 bits per heavy atom. The quantitative estimate of drug-likeness (QED) is 0.760. The highest BCUT2D eigenvalue weighted by Crippen LogP contribution is 2.22. The molecule has 0 aliphatic heterocycles. The summed E-state index contributed by atoms with van der Waals surface area (Å²) in [6.07, 6.45) is 1.96. The van der Waals surface area contributed by atoms with E-state index in [-0.39, 0.29) is 10.8 Å². The molecule has 0 saturated carbocycles. The average Bonchev–Trinajstić information content (AvgIpc) is 2.65. The van der Waals surface area contributed by atoms with Crippen LogP contribution in [-0.4, -0.2) is 39.9 Å². The first kappa shape index (κ1) is 19.0. The molecule has 0 aliphatic rings. The van der Waals surface area contributed by atoms with Crippen LogP contribution in [0.4, 0.5) is 5.69 Å². The predicted octanol–water partition coefficient (Wildman–Crippen LogP) is 3.38. The zero-order valence-electron chi connectivity index (χ0n) is 14.8. The van der Waals surface area contributed by atoms with E-state index in [2.05, 4.69) is 6.92 Å².